The van der Waals surface area contributed by atoms with Gasteiger partial charge in [-0.05, 0) is 19.1 Å². The molecule has 0 radical (unpaired) electrons. The lowest BCUT2D eigenvalue weighted by Crippen LogP contribution is -2.23. The van der Waals surface area contributed by atoms with E-state index in [4.69, 9.17) is 22.4 Å². The van der Waals surface area contributed by atoms with Crippen LogP contribution in [0.4, 0.5) is 5.82 Å². The summed E-state index contributed by atoms with van der Waals surface area (Å²) in [6.07, 6.45) is 3.18. The first-order valence-corrected chi connectivity index (χ1v) is 5.86. The fourth-order valence-corrected chi connectivity index (χ4v) is 1.81. The molecule has 18 heavy (non-hydrogen) atoms. The number of aromatic nitrogens is 2. The predicted molar refractivity (Wildman–Crippen MR) is 73.5 cm³/mol. The van der Waals surface area contributed by atoms with Gasteiger partial charge in [0, 0.05) is 19.4 Å². The highest BCUT2D eigenvalue weighted by molar-refractivity contribution is 7.80. The van der Waals surface area contributed by atoms with Crippen LogP contribution in [-0.2, 0) is 6.54 Å². The molecule has 0 bridgehead atoms. The molecule has 0 amide bonds. The smallest absolute Gasteiger partial charge is 0.157 e. The molecule has 0 aliphatic heterocycles. The molecule has 6 heteroatoms. The van der Waals surface area contributed by atoms with Crippen LogP contribution in [-0.4, -0.2) is 22.0 Å². The van der Waals surface area contributed by atoms with E-state index < -0.39 is 0 Å². The average molecular weight is 262 g/mol. The summed E-state index contributed by atoms with van der Waals surface area (Å²) in [7, 11) is 1.89. The minimum atomic E-state index is 0.237. The lowest BCUT2D eigenvalue weighted by molar-refractivity contribution is 0.481. The minimum absolute atomic E-state index is 0.237. The second-order valence-electron chi connectivity index (χ2n) is 3.96. The molecule has 5 nitrogen and oxygen atoms in total. The summed E-state index contributed by atoms with van der Waals surface area (Å²) >= 11 is 4.96. The van der Waals surface area contributed by atoms with E-state index in [9.17, 15) is 0 Å². The average Bonchev–Trinajstić information content (AvgIpc) is 2.74. The Bertz CT molecular complexity index is 567. The second-order valence-corrected chi connectivity index (χ2v) is 4.40. The third-order valence-electron chi connectivity index (χ3n) is 2.46. The highest BCUT2D eigenvalue weighted by Gasteiger charge is 2.13. The zero-order chi connectivity index (χ0) is 13.1. The number of nitrogens with two attached hydrogens (primary N) is 1. The maximum atomic E-state index is 5.63. The highest BCUT2D eigenvalue weighted by Crippen LogP contribution is 2.17. The predicted octanol–water partition coefficient (Wildman–Crippen LogP) is 1.65. The zero-order valence-corrected chi connectivity index (χ0v) is 11.1. The van der Waals surface area contributed by atoms with Gasteiger partial charge < -0.3 is 15.1 Å². The number of nitrogens with zero attached hydrogens (tertiary/aromatic N) is 3. The third-order valence-corrected chi connectivity index (χ3v) is 2.66. The number of aryl methyl sites for hydroxylation is 1. The van der Waals surface area contributed by atoms with Crippen molar-refractivity contribution in [1.29, 1.82) is 0 Å². The Balaban J connectivity index is 2.23. The summed E-state index contributed by atoms with van der Waals surface area (Å²) in [5.74, 6) is 2.39. The molecule has 2 rings (SSSR count). The molecule has 94 valence electrons. The quantitative estimate of drug-likeness (QED) is 0.845. The number of hydrogen-bond acceptors (Lipinski definition) is 5. The molecule has 0 spiro atoms. The van der Waals surface area contributed by atoms with Gasteiger partial charge in [0.15, 0.2) is 5.82 Å². The Morgan fingerprint density at radius 2 is 2.11 bits per heavy atom. The standard InChI is InChI=1S/C12H14N4OS/c1-8-3-4-9(17-8)7-16(2)12-10(11(13)18)14-5-6-15-12/h3-6H,7H2,1-2H3,(H2,13,18). The van der Waals surface area contributed by atoms with Crippen molar-refractivity contribution in [3.05, 3.63) is 41.7 Å². The summed E-state index contributed by atoms with van der Waals surface area (Å²) in [4.78, 5) is 10.5. The first-order chi connectivity index (χ1) is 8.58. The van der Waals surface area contributed by atoms with Gasteiger partial charge in [-0.2, -0.15) is 0 Å². The minimum Gasteiger partial charge on any atom is -0.464 e. The molecule has 2 N–H and O–H groups in total. The van der Waals surface area contributed by atoms with Crippen molar-refractivity contribution in [1.82, 2.24) is 9.97 Å². The normalized spacial score (nSPS) is 10.3. The molecule has 2 heterocycles. The number of thiocarbonyl (C=S) groups is 1. The van der Waals surface area contributed by atoms with E-state index in [1.54, 1.807) is 12.4 Å². The Kier molecular flexibility index (Phi) is 3.57. The number of furan rings is 1. The largest absolute Gasteiger partial charge is 0.464 e. The van der Waals surface area contributed by atoms with Crippen LogP contribution in [0.25, 0.3) is 0 Å². The van der Waals surface area contributed by atoms with Gasteiger partial charge in [-0.3, -0.25) is 0 Å². The van der Waals surface area contributed by atoms with Crippen LogP contribution in [0, 0.1) is 6.92 Å². The van der Waals surface area contributed by atoms with Gasteiger partial charge in [0.2, 0.25) is 0 Å². The Morgan fingerprint density at radius 1 is 1.39 bits per heavy atom. The molecule has 0 aliphatic carbocycles. The molecule has 0 saturated heterocycles. The van der Waals surface area contributed by atoms with Crippen molar-refractivity contribution in [2.24, 2.45) is 5.73 Å². The number of rotatable bonds is 4. The van der Waals surface area contributed by atoms with Crippen LogP contribution in [0.15, 0.2) is 28.9 Å². The highest BCUT2D eigenvalue weighted by atomic mass is 32.1. The summed E-state index contributed by atoms with van der Waals surface area (Å²) in [5.41, 5.74) is 6.15. The lowest BCUT2D eigenvalue weighted by atomic mass is 10.3. The SMILES string of the molecule is Cc1ccc(CN(C)c2nccnc2C(N)=S)o1. The van der Waals surface area contributed by atoms with Gasteiger partial charge >= 0.3 is 0 Å². The van der Waals surface area contributed by atoms with E-state index in [0.29, 0.717) is 18.1 Å². The zero-order valence-electron chi connectivity index (χ0n) is 10.3. The first kappa shape index (κ1) is 12.5. The van der Waals surface area contributed by atoms with Crippen LogP contribution >= 0.6 is 12.2 Å². The summed E-state index contributed by atoms with van der Waals surface area (Å²) < 4.78 is 5.52. The third kappa shape index (κ3) is 2.65. The molecular formula is C12H14N4OS. The van der Waals surface area contributed by atoms with Crippen molar-refractivity contribution in [2.45, 2.75) is 13.5 Å². The van der Waals surface area contributed by atoms with Gasteiger partial charge in [0.05, 0.1) is 6.54 Å². The number of hydrogen-bond donors (Lipinski definition) is 1. The monoisotopic (exact) mass is 262 g/mol. The van der Waals surface area contributed by atoms with Crippen molar-refractivity contribution in [2.75, 3.05) is 11.9 Å². The van der Waals surface area contributed by atoms with E-state index in [2.05, 4.69) is 9.97 Å². The van der Waals surface area contributed by atoms with Gasteiger partial charge in [-0.15, -0.1) is 0 Å². The molecular weight excluding hydrogens is 248 g/mol. The van der Waals surface area contributed by atoms with E-state index in [1.165, 1.54) is 0 Å². The van der Waals surface area contributed by atoms with Gasteiger partial charge in [-0.1, -0.05) is 12.2 Å². The molecule has 2 aromatic heterocycles. The van der Waals surface area contributed by atoms with Crippen molar-refractivity contribution < 1.29 is 4.42 Å². The molecule has 0 atom stereocenters. The van der Waals surface area contributed by atoms with E-state index in [1.807, 2.05) is 31.0 Å². The molecule has 0 aromatic carbocycles. The Morgan fingerprint density at radius 3 is 2.72 bits per heavy atom. The van der Waals surface area contributed by atoms with Crippen molar-refractivity contribution in [3.63, 3.8) is 0 Å². The molecule has 0 saturated carbocycles. The van der Waals surface area contributed by atoms with Crippen LogP contribution in [0.5, 0.6) is 0 Å². The summed E-state index contributed by atoms with van der Waals surface area (Å²) in [5, 5.41) is 0. The fourth-order valence-electron chi connectivity index (χ4n) is 1.66. The van der Waals surface area contributed by atoms with Crippen LogP contribution in [0.1, 0.15) is 17.2 Å². The molecule has 0 aliphatic rings. The summed E-state index contributed by atoms with van der Waals surface area (Å²) in [6.45, 7) is 2.49. The van der Waals surface area contributed by atoms with Crippen molar-refractivity contribution >= 4 is 23.0 Å². The van der Waals surface area contributed by atoms with Crippen LogP contribution in [0.3, 0.4) is 0 Å². The van der Waals surface area contributed by atoms with E-state index in [0.717, 1.165) is 11.5 Å². The molecule has 0 fully saturated rings. The fraction of sp³-hybridized carbons (Fsp3) is 0.250. The second kappa shape index (κ2) is 5.14. The maximum absolute atomic E-state index is 5.63. The van der Waals surface area contributed by atoms with E-state index >= 15 is 0 Å². The lowest BCUT2D eigenvalue weighted by Gasteiger charge is -2.18. The van der Waals surface area contributed by atoms with E-state index in [-0.39, 0.29) is 4.99 Å². The molecule has 0 unspecified atom stereocenters. The maximum Gasteiger partial charge on any atom is 0.157 e. The topological polar surface area (TPSA) is 68.2 Å². The van der Waals surface area contributed by atoms with Crippen molar-refractivity contribution in [3.8, 4) is 0 Å². The first-order valence-electron chi connectivity index (χ1n) is 5.45. The number of anilines is 1. The van der Waals surface area contributed by atoms with Crippen LogP contribution < -0.4 is 10.6 Å². The van der Waals surface area contributed by atoms with Crippen LogP contribution in [0.2, 0.25) is 0 Å². The van der Waals surface area contributed by atoms with Gasteiger partial charge in [0.1, 0.15) is 22.2 Å². The van der Waals surface area contributed by atoms with Gasteiger partial charge in [0.25, 0.3) is 0 Å². The Hall–Kier alpha value is -1.95. The Labute approximate surface area is 111 Å². The van der Waals surface area contributed by atoms with Gasteiger partial charge in [-0.25, -0.2) is 9.97 Å². The summed E-state index contributed by atoms with van der Waals surface area (Å²) in [6, 6.07) is 3.86. The molecule has 2 aromatic rings.